The van der Waals surface area contributed by atoms with Gasteiger partial charge in [0, 0.05) is 35.8 Å². The minimum absolute atomic E-state index is 0.0115. The van der Waals surface area contributed by atoms with Crippen LogP contribution in [0.25, 0.3) is 22.0 Å². The first-order valence-corrected chi connectivity index (χ1v) is 13.1. The Morgan fingerprint density at radius 3 is 2.53 bits per heavy atom. The van der Waals surface area contributed by atoms with Gasteiger partial charge >= 0.3 is 6.18 Å². The maximum atomic E-state index is 15.3. The van der Waals surface area contributed by atoms with Gasteiger partial charge < -0.3 is 4.57 Å². The normalized spacial score (nSPS) is 19.3. The van der Waals surface area contributed by atoms with Crippen LogP contribution in [0, 0.1) is 11.7 Å². The summed E-state index contributed by atoms with van der Waals surface area (Å²) in [5.74, 6) is -0.617. The largest absolute Gasteiger partial charge is 0.417 e. The monoisotopic (exact) mass is 494 g/mol. The molecule has 4 nitrogen and oxygen atoms in total. The zero-order valence-corrected chi connectivity index (χ0v) is 19.6. The second-order valence-corrected chi connectivity index (χ2v) is 11.6. The van der Waals surface area contributed by atoms with Gasteiger partial charge in [-0.25, -0.2) is 17.5 Å². The molecule has 1 aliphatic carbocycles. The van der Waals surface area contributed by atoms with Crippen LogP contribution in [0.3, 0.4) is 0 Å². The molecule has 1 N–H and O–H groups in total. The van der Waals surface area contributed by atoms with E-state index in [1.54, 1.807) is 12.3 Å². The van der Waals surface area contributed by atoms with Crippen molar-refractivity contribution in [3.8, 4) is 11.1 Å². The molecule has 0 spiro atoms. The van der Waals surface area contributed by atoms with Gasteiger partial charge in [-0.2, -0.15) is 13.2 Å². The number of hydrogen-bond donors (Lipinski definition) is 1. The summed E-state index contributed by atoms with van der Waals surface area (Å²) < 4.78 is 86.5. The number of alkyl halides is 3. The smallest absolute Gasteiger partial charge is 0.347 e. The van der Waals surface area contributed by atoms with Crippen LogP contribution in [0.15, 0.2) is 36.5 Å². The fraction of sp³-hybridized carbons (Fsp3) is 0.440. The third-order valence-electron chi connectivity index (χ3n) is 7.12. The van der Waals surface area contributed by atoms with Crippen LogP contribution in [0.5, 0.6) is 0 Å². The van der Waals surface area contributed by atoms with E-state index in [1.807, 2.05) is 11.5 Å². The van der Waals surface area contributed by atoms with Crippen molar-refractivity contribution in [2.24, 2.45) is 5.92 Å². The fourth-order valence-electron chi connectivity index (χ4n) is 4.92. The molecule has 34 heavy (non-hydrogen) atoms. The molecule has 3 aromatic rings. The van der Waals surface area contributed by atoms with Gasteiger partial charge in [-0.05, 0) is 66.5 Å². The van der Waals surface area contributed by atoms with E-state index in [0.29, 0.717) is 54.3 Å². The average Bonchev–Trinajstić information content (AvgIpc) is 3.03. The number of fused-ring (bicyclic) bond motifs is 5. The lowest BCUT2D eigenvalue weighted by Crippen LogP contribution is -2.38. The summed E-state index contributed by atoms with van der Waals surface area (Å²) in [7, 11) is -3.46. The highest BCUT2D eigenvalue weighted by Crippen LogP contribution is 2.41. The first kappa shape index (κ1) is 23.4. The second kappa shape index (κ2) is 8.37. The highest BCUT2D eigenvalue weighted by atomic mass is 32.2. The molecule has 0 amide bonds. The molecule has 1 atom stereocenters. The number of halogens is 4. The van der Waals surface area contributed by atoms with E-state index in [9.17, 15) is 21.6 Å². The molecule has 182 valence electrons. The molecule has 1 fully saturated rings. The molecule has 6 rings (SSSR count). The van der Waals surface area contributed by atoms with E-state index in [1.165, 1.54) is 18.2 Å². The minimum atomic E-state index is -4.62. The Morgan fingerprint density at radius 1 is 1.09 bits per heavy atom. The topological polar surface area (TPSA) is 51.1 Å². The Morgan fingerprint density at radius 2 is 1.85 bits per heavy atom. The van der Waals surface area contributed by atoms with Gasteiger partial charge in [-0.15, -0.1) is 0 Å². The SMILES string of the molecule is CC1CCc2ccc(c(C(F)(F)F)c2)-c2cc3c(cc2F)c(CNS(=O)(=O)C2CCC2)cn3C1. The van der Waals surface area contributed by atoms with Crippen LogP contribution in [0.1, 0.15) is 49.3 Å². The number of nitrogens with zero attached hydrogens (tertiary/aromatic N) is 1. The van der Waals surface area contributed by atoms with Crippen molar-refractivity contribution in [3.63, 3.8) is 0 Å². The van der Waals surface area contributed by atoms with Gasteiger partial charge in [0.2, 0.25) is 10.0 Å². The van der Waals surface area contributed by atoms with Crippen molar-refractivity contribution in [1.82, 2.24) is 9.29 Å². The van der Waals surface area contributed by atoms with Gasteiger partial charge in [-0.3, -0.25) is 0 Å². The van der Waals surface area contributed by atoms with Crippen molar-refractivity contribution in [3.05, 3.63) is 59.0 Å². The van der Waals surface area contributed by atoms with Crippen LogP contribution in [0.4, 0.5) is 17.6 Å². The molecular weight excluding hydrogens is 468 g/mol. The Balaban J connectivity index is 1.64. The lowest BCUT2D eigenvalue weighted by atomic mass is 9.92. The van der Waals surface area contributed by atoms with E-state index in [4.69, 9.17) is 0 Å². The standard InChI is InChI=1S/C25H26F4N2O2S/c1-15-5-6-16-7-8-19(22(9-16)25(27,28)29)21-11-24-20(10-23(21)26)17(14-31(24)13-15)12-30-34(32,33)18-3-2-4-18/h7-11,14-15,18,30H,2-6,12-13H2,1H3. The Kier molecular flexibility index (Phi) is 5.75. The zero-order valence-electron chi connectivity index (χ0n) is 18.8. The highest BCUT2D eigenvalue weighted by Gasteiger charge is 2.35. The summed E-state index contributed by atoms with van der Waals surface area (Å²) in [6, 6.07) is 6.83. The number of rotatable bonds is 4. The summed E-state index contributed by atoms with van der Waals surface area (Å²) >= 11 is 0. The van der Waals surface area contributed by atoms with E-state index in [2.05, 4.69) is 4.72 Å². The predicted octanol–water partition coefficient (Wildman–Crippen LogP) is 6.02. The fourth-order valence-corrected chi connectivity index (χ4v) is 6.46. The number of sulfonamides is 1. The van der Waals surface area contributed by atoms with Crippen molar-refractivity contribution in [2.75, 3.05) is 0 Å². The molecule has 3 heterocycles. The maximum Gasteiger partial charge on any atom is 0.417 e. The first-order chi connectivity index (χ1) is 16.0. The van der Waals surface area contributed by atoms with Crippen molar-refractivity contribution in [2.45, 2.75) is 63.5 Å². The molecule has 4 bridgehead atoms. The van der Waals surface area contributed by atoms with Gasteiger partial charge in [-0.1, -0.05) is 25.5 Å². The summed E-state index contributed by atoms with van der Waals surface area (Å²) in [4.78, 5) is 0. The van der Waals surface area contributed by atoms with Crippen LogP contribution in [0.2, 0.25) is 0 Å². The molecule has 9 heteroatoms. The van der Waals surface area contributed by atoms with Crippen molar-refractivity contribution in [1.29, 1.82) is 0 Å². The van der Waals surface area contributed by atoms with E-state index < -0.39 is 32.8 Å². The van der Waals surface area contributed by atoms with Crippen LogP contribution >= 0.6 is 0 Å². The summed E-state index contributed by atoms with van der Waals surface area (Å²) in [5.41, 5.74) is 0.631. The zero-order chi connectivity index (χ0) is 24.3. The molecular formula is C25H26F4N2O2S. The molecule has 1 aromatic heterocycles. The highest BCUT2D eigenvalue weighted by molar-refractivity contribution is 7.90. The number of aromatic nitrogens is 1. The van der Waals surface area contributed by atoms with E-state index in [0.717, 1.165) is 12.5 Å². The Labute approximate surface area is 196 Å². The van der Waals surface area contributed by atoms with Crippen LogP contribution in [-0.2, 0) is 35.7 Å². The maximum absolute atomic E-state index is 15.3. The Bertz CT molecular complexity index is 1360. The molecule has 1 unspecified atom stereocenters. The minimum Gasteiger partial charge on any atom is -0.347 e. The third kappa shape index (κ3) is 4.24. The van der Waals surface area contributed by atoms with Crippen molar-refractivity contribution < 1.29 is 26.0 Å². The number of hydrogen-bond acceptors (Lipinski definition) is 2. The molecule has 2 aromatic carbocycles. The van der Waals surface area contributed by atoms with Crippen LogP contribution in [-0.4, -0.2) is 18.2 Å². The van der Waals surface area contributed by atoms with Gasteiger partial charge in [0.05, 0.1) is 10.8 Å². The third-order valence-corrected chi connectivity index (χ3v) is 9.02. The molecule has 0 saturated heterocycles. The van der Waals surface area contributed by atoms with E-state index in [-0.39, 0.29) is 23.6 Å². The lowest BCUT2D eigenvalue weighted by molar-refractivity contribution is -0.137. The van der Waals surface area contributed by atoms with Crippen molar-refractivity contribution >= 4 is 20.9 Å². The number of benzene rings is 2. The van der Waals surface area contributed by atoms with Crippen LogP contribution < -0.4 is 4.72 Å². The lowest BCUT2D eigenvalue weighted by Gasteiger charge is -2.25. The second-order valence-electron chi connectivity index (χ2n) is 9.60. The van der Waals surface area contributed by atoms with E-state index >= 15 is 4.39 Å². The molecule has 2 aliphatic heterocycles. The molecule has 3 aliphatic rings. The van der Waals surface area contributed by atoms with Gasteiger partial charge in [0.25, 0.3) is 0 Å². The quantitative estimate of drug-likeness (QED) is 0.451. The van der Waals surface area contributed by atoms with Gasteiger partial charge in [0.1, 0.15) is 5.82 Å². The summed E-state index contributed by atoms with van der Waals surface area (Å²) in [6.07, 6.45) is 0.506. The molecule has 0 radical (unpaired) electrons. The van der Waals surface area contributed by atoms with Gasteiger partial charge in [0.15, 0.2) is 0 Å². The summed E-state index contributed by atoms with van der Waals surface area (Å²) in [5, 5.41) is 0.112. The average molecular weight is 495 g/mol. The number of aryl methyl sites for hydroxylation is 1. The summed E-state index contributed by atoms with van der Waals surface area (Å²) in [6.45, 7) is 2.64. The first-order valence-electron chi connectivity index (χ1n) is 11.5. The molecule has 1 saturated carbocycles. The number of nitrogens with one attached hydrogen (secondary N) is 1. The Hall–Kier alpha value is -2.39. The predicted molar refractivity (Wildman–Crippen MR) is 123 cm³/mol.